The molecule has 0 bridgehead atoms. The summed E-state index contributed by atoms with van der Waals surface area (Å²) in [6.07, 6.45) is 3.63. The third kappa shape index (κ3) is 4.03. The average Bonchev–Trinajstić information content (AvgIpc) is 2.35. The normalized spacial score (nSPS) is 10.4. The number of rotatable bonds is 6. The van der Waals surface area contributed by atoms with Gasteiger partial charge in [-0.05, 0) is 38.5 Å². The third-order valence-corrected chi connectivity index (χ3v) is 3.51. The second-order valence-electron chi connectivity index (χ2n) is 4.77. The van der Waals surface area contributed by atoms with E-state index in [1.165, 1.54) is 19.3 Å². The van der Waals surface area contributed by atoms with E-state index in [4.69, 9.17) is 0 Å². The van der Waals surface area contributed by atoms with Crippen LogP contribution in [0.5, 0.6) is 0 Å². The van der Waals surface area contributed by atoms with Crippen molar-refractivity contribution >= 4 is 21.6 Å². The summed E-state index contributed by atoms with van der Waals surface area (Å²) in [6.45, 7) is 7.58. The Labute approximate surface area is 119 Å². The Bertz CT molecular complexity index is 421. The van der Waals surface area contributed by atoms with Gasteiger partial charge in [-0.25, -0.2) is 0 Å². The summed E-state index contributed by atoms with van der Waals surface area (Å²) < 4.78 is 0.958. The maximum Gasteiger partial charge on any atom is 0.101 e. The van der Waals surface area contributed by atoms with Gasteiger partial charge >= 0.3 is 0 Å². The molecule has 1 aromatic carbocycles. The van der Waals surface area contributed by atoms with Crippen molar-refractivity contribution < 1.29 is 0 Å². The van der Waals surface area contributed by atoms with E-state index in [0.29, 0.717) is 6.04 Å². The van der Waals surface area contributed by atoms with Gasteiger partial charge in [0.2, 0.25) is 0 Å². The van der Waals surface area contributed by atoms with Crippen LogP contribution in [0.1, 0.15) is 45.6 Å². The van der Waals surface area contributed by atoms with Crippen molar-refractivity contribution in [1.82, 2.24) is 0 Å². The van der Waals surface area contributed by atoms with Gasteiger partial charge in [-0.2, -0.15) is 5.26 Å². The summed E-state index contributed by atoms with van der Waals surface area (Å²) in [7, 11) is 0. The molecule has 0 aliphatic carbocycles. The summed E-state index contributed by atoms with van der Waals surface area (Å²) >= 11 is 3.42. The first-order chi connectivity index (χ1) is 8.60. The molecule has 0 saturated heterocycles. The molecular weight excluding hydrogens is 288 g/mol. The zero-order chi connectivity index (χ0) is 13.5. The molecule has 0 heterocycles. The maximum atomic E-state index is 9.25. The van der Waals surface area contributed by atoms with E-state index < -0.39 is 0 Å². The quantitative estimate of drug-likeness (QED) is 0.711. The molecular formula is C15H21BrN2. The second kappa shape index (κ2) is 7.43. The summed E-state index contributed by atoms with van der Waals surface area (Å²) in [5, 5.41) is 9.25. The molecule has 0 radical (unpaired) electrons. The van der Waals surface area contributed by atoms with Gasteiger partial charge in [-0.15, -0.1) is 0 Å². The van der Waals surface area contributed by atoms with Crippen molar-refractivity contribution in [1.29, 1.82) is 5.26 Å². The van der Waals surface area contributed by atoms with Gasteiger partial charge in [0.15, 0.2) is 0 Å². The lowest BCUT2D eigenvalue weighted by Crippen LogP contribution is -2.32. The number of unbranched alkanes of at least 4 members (excludes halogenated alkanes) is 2. The van der Waals surface area contributed by atoms with Crippen molar-refractivity contribution in [2.45, 2.75) is 46.1 Å². The van der Waals surface area contributed by atoms with Crippen LogP contribution in [-0.2, 0) is 0 Å². The Kier molecular flexibility index (Phi) is 6.21. The van der Waals surface area contributed by atoms with Crippen LogP contribution in [-0.4, -0.2) is 12.6 Å². The van der Waals surface area contributed by atoms with Crippen LogP contribution in [0, 0.1) is 11.3 Å². The highest BCUT2D eigenvalue weighted by Crippen LogP contribution is 2.26. The van der Waals surface area contributed by atoms with Crippen LogP contribution in [0.3, 0.4) is 0 Å². The summed E-state index contributed by atoms with van der Waals surface area (Å²) in [5.41, 5.74) is 1.79. The number of nitriles is 1. The van der Waals surface area contributed by atoms with Crippen LogP contribution >= 0.6 is 15.9 Å². The number of halogens is 1. The van der Waals surface area contributed by atoms with E-state index in [1.807, 2.05) is 18.2 Å². The smallest absolute Gasteiger partial charge is 0.101 e. The van der Waals surface area contributed by atoms with Crippen LogP contribution in [0.4, 0.5) is 5.69 Å². The minimum atomic E-state index is 0.412. The molecule has 98 valence electrons. The first kappa shape index (κ1) is 15.0. The van der Waals surface area contributed by atoms with Gasteiger partial charge in [0.1, 0.15) is 6.07 Å². The van der Waals surface area contributed by atoms with Crippen molar-refractivity contribution in [2.24, 2.45) is 0 Å². The zero-order valence-corrected chi connectivity index (χ0v) is 13.0. The van der Waals surface area contributed by atoms with E-state index in [0.717, 1.165) is 22.3 Å². The largest absolute Gasteiger partial charge is 0.368 e. The highest BCUT2D eigenvalue weighted by molar-refractivity contribution is 9.10. The third-order valence-electron chi connectivity index (χ3n) is 3.01. The first-order valence-electron chi connectivity index (χ1n) is 6.56. The molecule has 18 heavy (non-hydrogen) atoms. The van der Waals surface area contributed by atoms with Crippen LogP contribution in [0.15, 0.2) is 22.7 Å². The van der Waals surface area contributed by atoms with Crippen molar-refractivity contribution in [3.63, 3.8) is 0 Å². The molecule has 0 atom stereocenters. The molecule has 2 nitrogen and oxygen atoms in total. The Morgan fingerprint density at radius 1 is 1.33 bits per heavy atom. The van der Waals surface area contributed by atoms with Gasteiger partial charge in [0, 0.05) is 17.1 Å². The summed E-state index contributed by atoms with van der Waals surface area (Å²) in [6, 6.07) is 8.64. The molecule has 1 aromatic rings. The van der Waals surface area contributed by atoms with Crippen LogP contribution in [0.2, 0.25) is 0 Å². The van der Waals surface area contributed by atoms with Crippen molar-refractivity contribution in [3.05, 3.63) is 28.2 Å². The minimum Gasteiger partial charge on any atom is -0.368 e. The molecule has 0 aromatic heterocycles. The lowest BCUT2D eigenvalue weighted by molar-refractivity contribution is 0.625. The molecule has 1 rings (SSSR count). The minimum absolute atomic E-state index is 0.412. The average molecular weight is 309 g/mol. The van der Waals surface area contributed by atoms with E-state index >= 15 is 0 Å². The van der Waals surface area contributed by atoms with E-state index in [1.54, 1.807) is 0 Å². The van der Waals surface area contributed by atoms with Crippen molar-refractivity contribution in [3.8, 4) is 6.07 Å². The Hall–Kier alpha value is -1.01. The number of anilines is 1. The predicted octanol–water partition coefficient (Wildman–Crippen LogP) is 4.73. The van der Waals surface area contributed by atoms with E-state index in [2.05, 4.69) is 47.7 Å². The highest BCUT2D eigenvalue weighted by atomic mass is 79.9. The molecule has 0 aliphatic heterocycles. The van der Waals surface area contributed by atoms with Gasteiger partial charge < -0.3 is 4.90 Å². The second-order valence-corrected chi connectivity index (χ2v) is 5.68. The van der Waals surface area contributed by atoms with Gasteiger partial charge in [-0.3, -0.25) is 0 Å². The topological polar surface area (TPSA) is 27.0 Å². The monoisotopic (exact) mass is 308 g/mol. The molecule has 0 saturated carbocycles. The number of hydrogen-bond acceptors (Lipinski definition) is 2. The lowest BCUT2D eigenvalue weighted by atomic mass is 10.1. The van der Waals surface area contributed by atoms with Crippen LogP contribution in [0.25, 0.3) is 0 Å². The number of hydrogen-bond donors (Lipinski definition) is 0. The van der Waals surface area contributed by atoms with E-state index in [9.17, 15) is 5.26 Å². The maximum absolute atomic E-state index is 9.25. The Morgan fingerprint density at radius 3 is 2.61 bits per heavy atom. The van der Waals surface area contributed by atoms with Crippen molar-refractivity contribution in [2.75, 3.05) is 11.4 Å². The predicted molar refractivity (Wildman–Crippen MR) is 80.9 cm³/mol. The fraction of sp³-hybridized carbons (Fsp3) is 0.533. The molecule has 3 heteroatoms. The van der Waals surface area contributed by atoms with Gasteiger partial charge in [-0.1, -0.05) is 35.7 Å². The Balaban J connectivity index is 2.95. The van der Waals surface area contributed by atoms with Gasteiger partial charge in [0.05, 0.1) is 11.3 Å². The SMILES string of the molecule is CCCCCN(c1ccc(Br)cc1C#N)C(C)C. The summed E-state index contributed by atoms with van der Waals surface area (Å²) in [4.78, 5) is 2.32. The standard InChI is InChI=1S/C15H21BrN2/c1-4-5-6-9-18(12(2)3)15-8-7-14(16)10-13(15)11-17/h7-8,10,12H,4-6,9H2,1-3H3. The van der Waals surface area contributed by atoms with Gasteiger partial charge in [0.25, 0.3) is 0 Å². The lowest BCUT2D eigenvalue weighted by Gasteiger charge is -2.30. The number of nitrogens with zero attached hydrogens (tertiary/aromatic N) is 2. The fourth-order valence-corrected chi connectivity index (χ4v) is 2.40. The summed E-state index contributed by atoms with van der Waals surface area (Å²) in [5.74, 6) is 0. The number of benzene rings is 1. The van der Waals surface area contributed by atoms with E-state index in [-0.39, 0.29) is 0 Å². The van der Waals surface area contributed by atoms with Crippen LogP contribution < -0.4 is 4.90 Å². The molecule has 0 aliphatic rings. The molecule has 0 N–H and O–H groups in total. The molecule has 0 spiro atoms. The molecule has 0 fully saturated rings. The first-order valence-corrected chi connectivity index (χ1v) is 7.35. The molecule has 0 unspecified atom stereocenters. The zero-order valence-electron chi connectivity index (χ0n) is 11.4. The Morgan fingerprint density at radius 2 is 2.06 bits per heavy atom. The highest BCUT2D eigenvalue weighted by Gasteiger charge is 2.14. The molecule has 0 amide bonds. The fourth-order valence-electron chi connectivity index (χ4n) is 2.04.